The van der Waals surface area contributed by atoms with E-state index in [9.17, 15) is 4.39 Å². The highest BCUT2D eigenvalue weighted by molar-refractivity contribution is 7.98. The molecule has 82 valence electrons. The lowest BCUT2D eigenvalue weighted by Gasteiger charge is -2.02. The second-order valence-corrected chi connectivity index (χ2v) is 4.18. The maximum atomic E-state index is 13.1. The molecule has 0 aliphatic rings. The predicted octanol–water partition coefficient (Wildman–Crippen LogP) is 2.49. The van der Waals surface area contributed by atoms with Crippen LogP contribution in [0.5, 0.6) is 0 Å². The van der Waals surface area contributed by atoms with E-state index < -0.39 is 0 Å². The molecule has 0 atom stereocenters. The van der Waals surface area contributed by atoms with Gasteiger partial charge in [-0.2, -0.15) is 0 Å². The summed E-state index contributed by atoms with van der Waals surface area (Å²) in [6.07, 6.45) is 4.93. The third-order valence-corrected chi connectivity index (χ3v) is 2.98. The van der Waals surface area contributed by atoms with Crippen molar-refractivity contribution in [3.05, 3.63) is 48.2 Å². The predicted molar refractivity (Wildman–Crippen MR) is 62.4 cm³/mol. The van der Waals surface area contributed by atoms with Crippen LogP contribution in [0.3, 0.4) is 0 Å². The second-order valence-electron chi connectivity index (χ2n) is 3.19. The number of rotatable bonds is 3. The minimum atomic E-state index is -0.378. The largest absolute Gasteiger partial charge is 0.396 e. The molecule has 0 amide bonds. The van der Waals surface area contributed by atoms with Gasteiger partial charge in [0.25, 0.3) is 0 Å². The number of halogens is 1. The number of thioether (sulfide) groups is 1. The molecule has 0 spiro atoms. The fourth-order valence-corrected chi connectivity index (χ4v) is 1.94. The lowest BCUT2D eigenvalue weighted by Crippen LogP contribution is -1.92. The van der Waals surface area contributed by atoms with Crippen molar-refractivity contribution in [2.45, 2.75) is 10.8 Å². The van der Waals surface area contributed by atoms with Crippen molar-refractivity contribution in [3.63, 3.8) is 0 Å². The van der Waals surface area contributed by atoms with Crippen LogP contribution in [0.15, 0.2) is 41.8 Å². The fraction of sp³-hybridized carbons (Fsp3) is 0.0909. The van der Waals surface area contributed by atoms with E-state index in [0.29, 0.717) is 5.75 Å². The average molecular weight is 235 g/mol. The molecule has 1 aromatic heterocycles. The van der Waals surface area contributed by atoms with E-state index in [2.05, 4.69) is 9.97 Å². The molecule has 16 heavy (non-hydrogen) atoms. The molecule has 0 saturated carbocycles. The molecule has 2 N–H and O–H groups in total. The average Bonchev–Trinajstić information content (AvgIpc) is 2.32. The van der Waals surface area contributed by atoms with Crippen molar-refractivity contribution in [3.8, 4) is 0 Å². The Bertz CT molecular complexity index is 476. The van der Waals surface area contributed by atoms with Gasteiger partial charge in [0.15, 0.2) is 0 Å². The Morgan fingerprint density at radius 3 is 2.88 bits per heavy atom. The van der Waals surface area contributed by atoms with E-state index >= 15 is 0 Å². The molecule has 0 radical (unpaired) electrons. The van der Waals surface area contributed by atoms with Gasteiger partial charge in [0.05, 0.1) is 11.9 Å². The third kappa shape index (κ3) is 2.70. The smallest absolute Gasteiger partial charge is 0.146 e. The molecule has 2 rings (SSSR count). The molecule has 2 aromatic rings. The number of hydrogen-bond acceptors (Lipinski definition) is 4. The monoisotopic (exact) mass is 235 g/mol. The van der Waals surface area contributed by atoms with Crippen LogP contribution < -0.4 is 5.73 Å². The summed E-state index contributed by atoms with van der Waals surface area (Å²) in [5.74, 6) is 0.271. The van der Waals surface area contributed by atoms with Crippen molar-refractivity contribution < 1.29 is 4.39 Å². The fourth-order valence-electron chi connectivity index (χ4n) is 1.18. The Morgan fingerprint density at radius 1 is 1.31 bits per heavy atom. The van der Waals surface area contributed by atoms with Crippen LogP contribution in [-0.2, 0) is 5.75 Å². The third-order valence-electron chi connectivity index (χ3n) is 1.99. The number of aromatic nitrogens is 2. The molecule has 0 fully saturated rings. The van der Waals surface area contributed by atoms with Gasteiger partial charge in [-0.25, -0.2) is 9.37 Å². The summed E-state index contributed by atoms with van der Waals surface area (Å²) >= 11 is 1.51. The quantitative estimate of drug-likeness (QED) is 0.656. The molecular weight excluding hydrogens is 225 g/mol. The van der Waals surface area contributed by atoms with Gasteiger partial charge >= 0.3 is 0 Å². The normalized spacial score (nSPS) is 10.3. The first-order valence-electron chi connectivity index (χ1n) is 4.68. The molecule has 1 heterocycles. The van der Waals surface area contributed by atoms with E-state index in [4.69, 9.17) is 5.73 Å². The molecule has 1 aromatic carbocycles. The summed E-state index contributed by atoms with van der Waals surface area (Å²) < 4.78 is 13.1. The summed E-state index contributed by atoms with van der Waals surface area (Å²) in [5.41, 5.74) is 6.44. The van der Waals surface area contributed by atoms with Gasteiger partial charge in [-0.05, 0) is 17.7 Å². The number of hydrogen-bond donors (Lipinski definition) is 1. The molecule has 0 bridgehead atoms. The molecule has 0 aliphatic carbocycles. The first-order valence-corrected chi connectivity index (χ1v) is 5.67. The van der Waals surface area contributed by atoms with Crippen LogP contribution in [0.4, 0.5) is 10.1 Å². The first kappa shape index (κ1) is 10.9. The van der Waals surface area contributed by atoms with E-state index in [1.54, 1.807) is 24.7 Å². The number of nitrogen functional groups attached to an aromatic ring is 1. The number of anilines is 1. The zero-order chi connectivity index (χ0) is 11.4. The minimum absolute atomic E-state index is 0.174. The standard InChI is InChI=1S/C11H10FN3S/c12-9-5-8(1-2-10(9)13)7-16-11-6-14-3-4-15-11/h1-6H,7,13H2. The van der Waals surface area contributed by atoms with Crippen molar-refractivity contribution in [1.82, 2.24) is 9.97 Å². The Labute approximate surface area is 96.9 Å². The Balaban J connectivity index is 2.03. The maximum absolute atomic E-state index is 13.1. The minimum Gasteiger partial charge on any atom is -0.396 e. The van der Waals surface area contributed by atoms with Crippen LogP contribution in [0.25, 0.3) is 0 Å². The first-order chi connectivity index (χ1) is 7.75. The summed E-state index contributed by atoms with van der Waals surface area (Å²) in [4.78, 5) is 8.07. The van der Waals surface area contributed by atoms with Gasteiger partial charge in [-0.1, -0.05) is 6.07 Å². The van der Waals surface area contributed by atoms with Gasteiger partial charge in [0.1, 0.15) is 10.8 Å². The van der Waals surface area contributed by atoms with E-state index in [-0.39, 0.29) is 11.5 Å². The summed E-state index contributed by atoms with van der Waals surface area (Å²) in [6, 6.07) is 4.82. The summed E-state index contributed by atoms with van der Waals surface area (Å²) in [6.45, 7) is 0. The molecule has 5 heteroatoms. The number of nitrogens with two attached hydrogens (primary N) is 1. The number of benzene rings is 1. The van der Waals surface area contributed by atoms with Crippen LogP contribution in [0.2, 0.25) is 0 Å². The Morgan fingerprint density at radius 2 is 2.19 bits per heavy atom. The highest BCUT2D eigenvalue weighted by Crippen LogP contribution is 2.21. The molecule has 0 aliphatic heterocycles. The summed E-state index contributed by atoms with van der Waals surface area (Å²) in [7, 11) is 0. The highest BCUT2D eigenvalue weighted by Gasteiger charge is 2.01. The van der Waals surface area contributed by atoms with E-state index in [0.717, 1.165) is 10.6 Å². The molecule has 0 saturated heterocycles. The van der Waals surface area contributed by atoms with Crippen LogP contribution >= 0.6 is 11.8 Å². The van der Waals surface area contributed by atoms with Crippen LogP contribution in [-0.4, -0.2) is 9.97 Å². The van der Waals surface area contributed by atoms with Crippen molar-refractivity contribution >= 4 is 17.4 Å². The maximum Gasteiger partial charge on any atom is 0.146 e. The molecular formula is C11H10FN3S. The lowest BCUT2D eigenvalue weighted by atomic mass is 10.2. The highest BCUT2D eigenvalue weighted by atomic mass is 32.2. The van der Waals surface area contributed by atoms with Gasteiger partial charge in [-0.15, -0.1) is 11.8 Å². The second kappa shape index (κ2) is 4.94. The van der Waals surface area contributed by atoms with Crippen molar-refractivity contribution in [1.29, 1.82) is 0 Å². The Hall–Kier alpha value is -1.62. The van der Waals surface area contributed by atoms with Crippen LogP contribution in [0, 0.1) is 5.82 Å². The van der Waals surface area contributed by atoms with E-state index in [1.807, 2.05) is 6.07 Å². The summed E-state index contributed by atoms with van der Waals surface area (Å²) in [5, 5.41) is 0.819. The van der Waals surface area contributed by atoms with Gasteiger partial charge in [-0.3, -0.25) is 4.98 Å². The Kier molecular flexibility index (Phi) is 3.36. The van der Waals surface area contributed by atoms with Gasteiger partial charge in [0, 0.05) is 18.1 Å². The molecule has 3 nitrogen and oxygen atoms in total. The van der Waals surface area contributed by atoms with E-state index in [1.165, 1.54) is 17.8 Å². The topological polar surface area (TPSA) is 51.8 Å². The zero-order valence-electron chi connectivity index (χ0n) is 8.43. The van der Waals surface area contributed by atoms with Gasteiger partial charge < -0.3 is 5.73 Å². The number of nitrogens with zero attached hydrogens (tertiary/aromatic N) is 2. The molecule has 0 unspecified atom stereocenters. The van der Waals surface area contributed by atoms with Crippen molar-refractivity contribution in [2.24, 2.45) is 0 Å². The van der Waals surface area contributed by atoms with Gasteiger partial charge in [0.2, 0.25) is 0 Å². The SMILES string of the molecule is Nc1ccc(CSc2cnccn2)cc1F. The van der Waals surface area contributed by atoms with Crippen LogP contribution in [0.1, 0.15) is 5.56 Å². The van der Waals surface area contributed by atoms with Crippen molar-refractivity contribution in [2.75, 3.05) is 5.73 Å². The lowest BCUT2D eigenvalue weighted by molar-refractivity contribution is 0.631. The zero-order valence-corrected chi connectivity index (χ0v) is 9.25.